The van der Waals surface area contributed by atoms with E-state index in [1.54, 1.807) is 12.1 Å². The van der Waals surface area contributed by atoms with E-state index in [1.807, 2.05) is 31.2 Å². The molecule has 0 unspecified atom stereocenters. The molecule has 4 heteroatoms. The van der Waals surface area contributed by atoms with Gasteiger partial charge in [-0.1, -0.05) is 54.6 Å². The summed E-state index contributed by atoms with van der Waals surface area (Å²) in [6.07, 6.45) is 3.64. The Bertz CT molecular complexity index is 994. The SMILES string of the molecule is C[C@H](NC(=O)c1ccc(CN2CCC(Cc3ccccc3)CC2)cc1)c1ccc(F)cc1. The number of hydrogen-bond donors (Lipinski definition) is 1. The van der Waals surface area contributed by atoms with Gasteiger partial charge in [0, 0.05) is 12.1 Å². The first-order valence-corrected chi connectivity index (χ1v) is 11.5. The Labute approximate surface area is 190 Å². The molecule has 3 aromatic carbocycles. The third-order valence-electron chi connectivity index (χ3n) is 6.41. The number of nitrogens with zero attached hydrogens (tertiary/aromatic N) is 1. The quantitative estimate of drug-likeness (QED) is 0.516. The summed E-state index contributed by atoms with van der Waals surface area (Å²) in [7, 11) is 0. The van der Waals surface area contributed by atoms with Crippen molar-refractivity contribution in [3.63, 3.8) is 0 Å². The summed E-state index contributed by atoms with van der Waals surface area (Å²) < 4.78 is 13.1. The molecule has 1 amide bonds. The molecule has 166 valence electrons. The van der Waals surface area contributed by atoms with Crippen LogP contribution in [0.4, 0.5) is 4.39 Å². The molecule has 1 atom stereocenters. The van der Waals surface area contributed by atoms with E-state index in [2.05, 4.69) is 40.5 Å². The molecule has 1 N–H and O–H groups in total. The summed E-state index contributed by atoms with van der Waals surface area (Å²) in [4.78, 5) is 15.1. The molecule has 1 aliphatic heterocycles. The van der Waals surface area contributed by atoms with Crippen LogP contribution in [0.5, 0.6) is 0 Å². The molecule has 1 fully saturated rings. The first-order chi connectivity index (χ1) is 15.6. The van der Waals surface area contributed by atoms with Crippen molar-refractivity contribution in [3.05, 3.63) is 107 Å². The minimum absolute atomic E-state index is 0.116. The van der Waals surface area contributed by atoms with Crippen LogP contribution < -0.4 is 5.32 Å². The molecule has 4 rings (SSSR count). The van der Waals surface area contributed by atoms with Crippen molar-refractivity contribution >= 4 is 5.91 Å². The summed E-state index contributed by atoms with van der Waals surface area (Å²) in [6, 6.07) is 24.7. The number of hydrogen-bond acceptors (Lipinski definition) is 2. The van der Waals surface area contributed by atoms with E-state index < -0.39 is 0 Å². The van der Waals surface area contributed by atoms with Crippen LogP contribution in [0.1, 0.15) is 52.9 Å². The van der Waals surface area contributed by atoms with Gasteiger partial charge in [-0.2, -0.15) is 0 Å². The van der Waals surface area contributed by atoms with Gasteiger partial charge in [-0.25, -0.2) is 4.39 Å². The highest BCUT2D eigenvalue weighted by Gasteiger charge is 2.19. The molecule has 0 spiro atoms. The van der Waals surface area contributed by atoms with Crippen LogP contribution in [0.15, 0.2) is 78.9 Å². The maximum Gasteiger partial charge on any atom is 0.251 e. The van der Waals surface area contributed by atoms with Crippen LogP contribution in [0.2, 0.25) is 0 Å². The van der Waals surface area contributed by atoms with E-state index in [0.717, 1.165) is 31.1 Å². The summed E-state index contributed by atoms with van der Waals surface area (Å²) in [6.45, 7) is 5.07. The number of amides is 1. The van der Waals surface area contributed by atoms with E-state index in [9.17, 15) is 9.18 Å². The van der Waals surface area contributed by atoms with Gasteiger partial charge in [0.05, 0.1) is 6.04 Å². The zero-order valence-electron chi connectivity index (χ0n) is 18.6. The monoisotopic (exact) mass is 430 g/mol. The second-order valence-corrected chi connectivity index (χ2v) is 8.85. The van der Waals surface area contributed by atoms with Crippen LogP contribution in [0.3, 0.4) is 0 Å². The Morgan fingerprint density at radius 3 is 2.25 bits per heavy atom. The third-order valence-corrected chi connectivity index (χ3v) is 6.41. The highest BCUT2D eigenvalue weighted by Crippen LogP contribution is 2.23. The number of benzene rings is 3. The Kier molecular flexibility index (Phi) is 7.33. The highest BCUT2D eigenvalue weighted by atomic mass is 19.1. The maximum absolute atomic E-state index is 13.1. The summed E-state index contributed by atoms with van der Waals surface area (Å²) in [5.74, 6) is 0.376. The van der Waals surface area contributed by atoms with E-state index in [0.29, 0.717) is 5.56 Å². The van der Waals surface area contributed by atoms with Gasteiger partial charge in [0.15, 0.2) is 0 Å². The number of nitrogens with one attached hydrogen (secondary N) is 1. The van der Waals surface area contributed by atoms with Gasteiger partial charge in [-0.3, -0.25) is 9.69 Å². The average molecular weight is 431 g/mol. The second kappa shape index (κ2) is 10.6. The van der Waals surface area contributed by atoms with Gasteiger partial charge < -0.3 is 5.32 Å². The van der Waals surface area contributed by atoms with Crippen molar-refractivity contribution in [2.45, 2.75) is 38.8 Å². The zero-order chi connectivity index (χ0) is 22.3. The fourth-order valence-corrected chi connectivity index (χ4v) is 4.43. The number of piperidine rings is 1. The fraction of sp³-hybridized carbons (Fsp3) is 0.321. The third kappa shape index (κ3) is 6.04. The smallest absolute Gasteiger partial charge is 0.251 e. The Morgan fingerprint density at radius 2 is 1.59 bits per heavy atom. The molecule has 3 aromatic rings. The van der Waals surface area contributed by atoms with Gasteiger partial charge in [-0.15, -0.1) is 0 Å². The van der Waals surface area contributed by atoms with Crippen molar-refractivity contribution in [2.75, 3.05) is 13.1 Å². The molecule has 0 aromatic heterocycles. The number of carbonyl (C=O) groups is 1. The lowest BCUT2D eigenvalue weighted by molar-refractivity contribution is 0.0940. The number of carbonyl (C=O) groups excluding carboxylic acids is 1. The number of rotatable bonds is 7. The standard InChI is InChI=1S/C28H31FN2O/c1-21(25-11-13-27(29)14-12-25)30-28(32)26-9-7-24(8-10-26)20-31-17-15-23(16-18-31)19-22-5-3-2-4-6-22/h2-14,21,23H,15-20H2,1H3,(H,30,32)/t21-/m0/s1. The predicted octanol–water partition coefficient (Wildman–Crippen LogP) is 5.77. The van der Waals surface area contributed by atoms with Gasteiger partial charge in [0.25, 0.3) is 5.91 Å². The largest absolute Gasteiger partial charge is 0.346 e. The zero-order valence-corrected chi connectivity index (χ0v) is 18.6. The van der Waals surface area contributed by atoms with Crippen LogP contribution in [-0.4, -0.2) is 23.9 Å². The first-order valence-electron chi connectivity index (χ1n) is 11.5. The lowest BCUT2D eigenvalue weighted by Crippen LogP contribution is -2.33. The van der Waals surface area contributed by atoms with E-state index >= 15 is 0 Å². The lowest BCUT2D eigenvalue weighted by Gasteiger charge is -2.32. The van der Waals surface area contributed by atoms with Crippen LogP contribution in [-0.2, 0) is 13.0 Å². The highest BCUT2D eigenvalue weighted by molar-refractivity contribution is 5.94. The lowest BCUT2D eigenvalue weighted by atomic mass is 9.90. The topological polar surface area (TPSA) is 32.3 Å². The van der Waals surface area contributed by atoms with Crippen molar-refractivity contribution in [2.24, 2.45) is 5.92 Å². The second-order valence-electron chi connectivity index (χ2n) is 8.85. The van der Waals surface area contributed by atoms with Crippen molar-refractivity contribution < 1.29 is 9.18 Å². The summed E-state index contributed by atoms with van der Waals surface area (Å²) in [5.41, 5.74) is 4.19. The van der Waals surface area contributed by atoms with Gasteiger partial charge in [-0.05, 0) is 86.1 Å². The summed E-state index contributed by atoms with van der Waals surface area (Å²) >= 11 is 0. The molecule has 1 heterocycles. The number of likely N-dealkylation sites (tertiary alicyclic amines) is 1. The van der Waals surface area contributed by atoms with Gasteiger partial charge in [0.2, 0.25) is 0 Å². The number of halogens is 1. The molecular weight excluding hydrogens is 399 g/mol. The summed E-state index contributed by atoms with van der Waals surface area (Å²) in [5, 5.41) is 2.99. The van der Waals surface area contributed by atoms with Gasteiger partial charge in [0.1, 0.15) is 5.82 Å². The molecule has 0 radical (unpaired) electrons. The molecular formula is C28H31FN2O. The predicted molar refractivity (Wildman–Crippen MR) is 127 cm³/mol. The van der Waals surface area contributed by atoms with Crippen molar-refractivity contribution in [1.29, 1.82) is 0 Å². The minimum Gasteiger partial charge on any atom is -0.346 e. The van der Waals surface area contributed by atoms with Crippen LogP contribution in [0.25, 0.3) is 0 Å². The Hall–Kier alpha value is -2.98. The molecule has 3 nitrogen and oxygen atoms in total. The van der Waals surface area contributed by atoms with Crippen molar-refractivity contribution in [3.8, 4) is 0 Å². The van der Waals surface area contributed by atoms with Crippen molar-refractivity contribution in [1.82, 2.24) is 10.2 Å². The molecule has 0 aliphatic carbocycles. The van der Waals surface area contributed by atoms with Crippen LogP contribution in [0, 0.1) is 11.7 Å². The van der Waals surface area contributed by atoms with Gasteiger partial charge >= 0.3 is 0 Å². The van der Waals surface area contributed by atoms with E-state index in [1.165, 1.54) is 42.5 Å². The molecule has 32 heavy (non-hydrogen) atoms. The van der Waals surface area contributed by atoms with Crippen LogP contribution >= 0.6 is 0 Å². The first kappa shape index (κ1) is 22.2. The fourth-order valence-electron chi connectivity index (χ4n) is 4.43. The molecule has 0 saturated carbocycles. The molecule has 1 aliphatic rings. The Morgan fingerprint density at radius 1 is 0.938 bits per heavy atom. The molecule has 0 bridgehead atoms. The minimum atomic E-state index is -0.275. The normalized spacial score (nSPS) is 15.9. The Balaban J connectivity index is 1.25. The maximum atomic E-state index is 13.1. The van der Waals surface area contributed by atoms with E-state index in [-0.39, 0.29) is 17.8 Å². The average Bonchev–Trinajstić information content (AvgIpc) is 2.82. The molecule has 1 saturated heterocycles. The van der Waals surface area contributed by atoms with E-state index in [4.69, 9.17) is 0 Å².